The molecule has 1 atom stereocenters. The van der Waals surface area contributed by atoms with Crippen molar-refractivity contribution >= 4 is 17.8 Å². The summed E-state index contributed by atoms with van der Waals surface area (Å²) < 4.78 is 5.70. The van der Waals surface area contributed by atoms with Gasteiger partial charge in [-0.3, -0.25) is 0 Å². The Bertz CT molecular complexity index is 599. The Kier molecular flexibility index (Phi) is 6.70. The summed E-state index contributed by atoms with van der Waals surface area (Å²) in [6, 6.07) is 16.3. The lowest BCUT2D eigenvalue weighted by Crippen LogP contribution is -2.14. The molecular formula is C20H25NO2. The zero-order valence-corrected chi connectivity index (χ0v) is 13.8. The first-order valence-corrected chi connectivity index (χ1v) is 8.04. The van der Waals surface area contributed by atoms with E-state index in [1.54, 1.807) is 0 Å². The number of hydrogen-bond donors (Lipinski definition) is 2. The fraction of sp³-hybridized carbons (Fsp3) is 0.300. The zero-order valence-electron chi connectivity index (χ0n) is 13.8. The molecule has 0 saturated heterocycles. The van der Waals surface area contributed by atoms with Crippen LogP contribution < -0.4 is 10.1 Å². The first-order valence-electron chi connectivity index (χ1n) is 8.04. The van der Waals surface area contributed by atoms with Gasteiger partial charge in [0.1, 0.15) is 5.75 Å². The third-order valence-corrected chi connectivity index (χ3v) is 3.87. The van der Waals surface area contributed by atoms with E-state index in [0.717, 1.165) is 29.0 Å². The van der Waals surface area contributed by atoms with Gasteiger partial charge >= 0.3 is 0 Å². The van der Waals surface area contributed by atoms with E-state index in [1.807, 2.05) is 31.3 Å². The van der Waals surface area contributed by atoms with E-state index in [0.29, 0.717) is 6.61 Å². The molecule has 0 aliphatic heterocycles. The number of rotatable bonds is 8. The fourth-order valence-corrected chi connectivity index (χ4v) is 2.14. The number of hydrogen-bond acceptors (Lipinski definition) is 3. The number of aliphatic hydroxyl groups is 1. The van der Waals surface area contributed by atoms with Gasteiger partial charge in [0.05, 0.1) is 6.61 Å². The van der Waals surface area contributed by atoms with E-state index in [4.69, 9.17) is 9.84 Å². The molecule has 0 fully saturated rings. The Hall–Kier alpha value is -2.26. The van der Waals surface area contributed by atoms with Crippen molar-refractivity contribution in [2.45, 2.75) is 13.3 Å². The second-order valence-electron chi connectivity index (χ2n) is 5.54. The van der Waals surface area contributed by atoms with Crippen LogP contribution in [0.25, 0.3) is 12.2 Å². The molecule has 0 bridgehead atoms. The van der Waals surface area contributed by atoms with Crippen LogP contribution in [0.3, 0.4) is 0 Å². The Labute approximate surface area is 138 Å². The number of benzene rings is 2. The number of ether oxygens (including phenoxy) is 1. The molecule has 0 aromatic heterocycles. The highest BCUT2D eigenvalue weighted by Gasteiger charge is 2.05. The van der Waals surface area contributed by atoms with Crippen molar-refractivity contribution in [3.63, 3.8) is 0 Å². The standard InChI is InChI=1S/C20H25NO2/c1-3-16(14-22)15-23-20-12-8-18(9-13-20)5-4-17-6-10-19(21-2)11-7-17/h4-13,16,21-22H,3,14-15H2,1-2H3/b5-4+. The maximum atomic E-state index is 9.17. The van der Waals surface area contributed by atoms with E-state index in [-0.39, 0.29) is 12.5 Å². The second kappa shape index (κ2) is 9.01. The summed E-state index contributed by atoms with van der Waals surface area (Å²) in [4.78, 5) is 0. The predicted octanol–water partition coefficient (Wildman–Crippen LogP) is 4.30. The fourth-order valence-electron chi connectivity index (χ4n) is 2.14. The van der Waals surface area contributed by atoms with E-state index >= 15 is 0 Å². The minimum Gasteiger partial charge on any atom is -0.493 e. The SMILES string of the molecule is CCC(CO)COc1ccc(/C=C/c2ccc(NC)cc2)cc1. The maximum absolute atomic E-state index is 9.17. The molecule has 2 rings (SSSR count). The molecule has 0 aliphatic carbocycles. The number of aliphatic hydroxyl groups excluding tert-OH is 1. The van der Waals surface area contributed by atoms with Crippen LogP contribution in [-0.4, -0.2) is 25.4 Å². The van der Waals surface area contributed by atoms with Gasteiger partial charge in [0, 0.05) is 25.3 Å². The Morgan fingerprint density at radius 2 is 1.57 bits per heavy atom. The zero-order chi connectivity index (χ0) is 16.5. The van der Waals surface area contributed by atoms with Crippen LogP contribution in [-0.2, 0) is 0 Å². The van der Waals surface area contributed by atoms with Gasteiger partial charge in [-0.1, -0.05) is 43.3 Å². The molecule has 1 unspecified atom stereocenters. The van der Waals surface area contributed by atoms with Crippen LogP contribution in [0, 0.1) is 5.92 Å². The number of anilines is 1. The average Bonchev–Trinajstić information content (AvgIpc) is 2.62. The highest BCUT2D eigenvalue weighted by molar-refractivity contribution is 5.70. The largest absolute Gasteiger partial charge is 0.493 e. The second-order valence-corrected chi connectivity index (χ2v) is 5.54. The third kappa shape index (κ3) is 5.46. The summed E-state index contributed by atoms with van der Waals surface area (Å²) in [6.07, 6.45) is 5.10. The molecule has 0 saturated carbocycles. The Morgan fingerprint density at radius 3 is 2.04 bits per heavy atom. The Morgan fingerprint density at radius 1 is 1.00 bits per heavy atom. The van der Waals surface area contributed by atoms with Gasteiger partial charge in [-0.25, -0.2) is 0 Å². The van der Waals surface area contributed by atoms with Crippen molar-refractivity contribution < 1.29 is 9.84 Å². The molecule has 23 heavy (non-hydrogen) atoms. The van der Waals surface area contributed by atoms with Crippen LogP contribution in [0.15, 0.2) is 48.5 Å². The lowest BCUT2D eigenvalue weighted by molar-refractivity contribution is 0.160. The molecule has 0 aliphatic rings. The molecule has 3 nitrogen and oxygen atoms in total. The number of nitrogens with one attached hydrogen (secondary N) is 1. The molecule has 0 radical (unpaired) electrons. The Balaban J connectivity index is 1.92. The normalized spacial score (nSPS) is 12.3. The minimum atomic E-state index is 0.170. The smallest absolute Gasteiger partial charge is 0.119 e. The predicted molar refractivity (Wildman–Crippen MR) is 97.7 cm³/mol. The van der Waals surface area contributed by atoms with Crippen molar-refractivity contribution in [1.82, 2.24) is 0 Å². The molecular weight excluding hydrogens is 286 g/mol. The summed E-state index contributed by atoms with van der Waals surface area (Å²) >= 11 is 0. The van der Waals surface area contributed by atoms with E-state index in [1.165, 1.54) is 0 Å². The highest BCUT2D eigenvalue weighted by atomic mass is 16.5. The van der Waals surface area contributed by atoms with Crippen molar-refractivity contribution in [3.8, 4) is 5.75 Å². The first kappa shape index (κ1) is 17.1. The quantitative estimate of drug-likeness (QED) is 0.714. The van der Waals surface area contributed by atoms with Gasteiger partial charge < -0.3 is 15.2 Å². The van der Waals surface area contributed by atoms with E-state index in [2.05, 4.69) is 48.7 Å². The summed E-state index contributed by atoms with van der Waals surface area (Å²) in [7, 11) is 1.91. The van der Waals surface area contributed by atoms with Crippen LogP contribution in [0.1, 0.15) is 24.5 Å². The molecule has 0 heterocycles. The average molecular weight is 311 g/mol. The summed E-state index contributed by atoms with van der Waals surface area (Å²) in [5.74, 6) is 1.04. The van der Waals surface area contributed by atoms with E-state index < -0.39 is 0 Å². The van der Waals surface area contributed by atoms with Gasteiger partial charge in [-0.05, 0) is 41.8 Å². The molecule has 0 amide bonds. The van der Waals surface area contributed by atoms with Crippen LogP contribution in [0.4, 0.5) is 5.69 Å². The lowest BCUT2D eigenvalue weighted by atomic mass is 10.1. The van der Waals surface area contributed by atoms with Crippen molar-refractivity contribution in [2.75, 3.05) is 25.6 Å². The van der Waals surface area contributed by atoms with Gasteiger partial charge in [0.15, 0.2) is 0 Å². The monoisotopic (exact) mass is 311 g/mol. The summed E-state index contributed by atoms with van der Waals surface area (Å²) in [6.45, 7) is 2.78. The van der Waals surface area contributed by atoms with Gasteiger partial charge in [0.25, 0.3) is 0 Å². The van der Waals surface area contributed by atoms with Gasteiger partial charge in [-0.2, -0.15) is 0 Å². The van der Waals surface area contributed by atoms with Crippen LogP contribution in [0.2, 0.25) is 0 Å². The van der Waals surface area contributed by atoms with Crippen LogP contribution >= 0.6 is 0 Å². The molecule has 3 heteroatoms. The van der Waals surface area contributed by atoms with Gasteiger partial charge in [-0.15, -0.1) is 0 Å². The minimum absolute atomic E-state index is 0.170. The highest BCUT2D eigenvalue weighted by Crippen LogP contribution is 2.16. The maximum Gasteiger partial charge on any atom is 0.119 e. The van der Waals surface area contributed by atoms with Crippen LogP contribution in [0.5, 0.6) is 5.75 Å². The molecule has 2 aromatic rings. The summed E-state index contributed by atoms with van der Waals surface area (Å²) in [5, 5.41) is 12.3. The topological polar surface area (TPSA) is 41.5 Å². The first-order chi connectivity index (χ1) is 11.2. The molecule has 0 spiro atoms. The summed E-state index contributed by atoms with van der Waals surface area (Å²) in [5.41, 5.74) is 3.40. The molecule has 122 valence electrons. The van der Waals surface area contributed by atoms with Crippen molar-refractivity contribution in [3.05, 3.63) is 59.7 Å². The molecule has 2 aromatic carbocycles. The van der Waals surface area contributed by atoms with Crippen molar-refractivity contribution in [2.24, 2.45) is 5.92 Å². The van der Waals surface area contributed by atoms with Crippen molar-refractivity contribution in [1.29, 1.82) is 0 Å². The molecule has 2 N–H and O–H groups in total. The lowest BCUT2D eigenvalue weighted by Gasteiger charge is -2.13. The van der Waals surface area contributed by atoms with Gasteiger partial charge in [0.2, 0.25) is 0 Å². The van der Waals surface area contributed by atoms with E-state index in [9.17, 15) is 0 Å². The third-order valence-electron chi connectivity index (χ3n) is 3.87.